The summed E-state index contributed by atoms with van der Waals surface area (Å²) in [6.45, 7) is 7.03. The summed E-state index contributed by atoms with van der Waals surface area (Å²) >= 11 is 0. The number of hydrogen-bond donors (Lipinski definition) is 0. The molecule has 12 heavy (non-hydrogen) atoms. The molecule has 0 aliphatic carbocycles. The minimum Gasteiger partial charge on any atom is -0.381 e. The van der Waals surface area contributed by atoms with E-state index >= 15 is 0 Å². The Labute approximate surface area is 74.0 Å². The number of hydrogen-bond acceptors (Lipinski definition) is 3. The predicted octanol–water partition coefficient (Wildman–Crippen LogP) is 1.42. The summed E-state index contributed by atoms with van der Waals surface area (Å²) in [6, 6.07) is 0. The average molecular weight is 174 g/mol. The van der Waals surface area contributed by atoms with Gasteiger partial charge in [0.15, 0.2) is 6.29 Å². The van der Waals surface area contributed by atoms with E-state index in [1.807, 2.05) is 13.8 Å². The molecule has 72 valence electrons. The van der Waals surface area contributed by atoms with Crippen molar-refractivity contribution < 1.29 is 14.2 Å². The second-order valence-corrected chi connectivity index (χ2v) is 2.90. The molecule has 0 radical (unpaired) electrons. The van der Waals surface area contributed by atoms with Crippen LogP contribution in [0.5, 0.6) is 0 Å². The monoisotopic (exact) mass is 174 g/mol. The summed E-state index contributed by atoms with van der Waals surface area (Å²) in [7, 11) is 0. The van der Waals surface area contributed by atoms with Crippen LogP contribution in [-0.2, 0) is 14.2 Å². The Morgan fingerprint density at radius 2 is 2.00 bits per heavy atom. The van der Waals surface area contributed by atoms with Crippen molar-refractivity contribution in [1.29, 1.82) is 0 Å². The molecule has 0 aromatic rings. The molecular weight excluding hydrogens is 156 g/mol. The van der Waals surface area contributed by atoms with E-state index in [1.54, 1.807) is 0 Å². The first-order valence-corrected chi connectivity index (χ1v) is 4.69. The largest absolute Gasteiger partial charge is 0.381 e. The quantitative estimate of drug-likeness (QED) is 0.590. The van der Waals surface area contributed by atoms with Gasteiger partial charge in [-0.15, -0.1) is 0 Å². The van der Waals surface area contributed by atoms with Crippen LogP contribution in [0.1, 0.15) is 20.3 Å². The fourth-order valence-electron chi connectivity index (χ4n) is 1.42. The summed E-state index contributed by atoms with van der Waals surface area (Å²) in [4.78, 5) is 0. The van der Waals surface area contributed by atoms with Crippen molar-refractivity contribution in [1.82, 2.24) is 0 Å². The lowest BCUT2D eigenvalue weighted by Gasteiger charge is -2.21. The summed E-state index contributed by atoms with van der Waals surface area (Å²) in [6.07, 6.45) is 1.01. The zero-order valence-electron chi connectivity index (χ0n) is 7.91. The van der Waals surface area contributed by atoms with Gasteiger partial charge in [-0.1, -0.05) is 0 Å². The van der Waals surface area contributed by atoms with Crippen molar-refractivity contribution in [3.8, 4) is 0 Å². The first kappa shape index (κ1) is 9.96. The van der Waals surface area contributed by atoms with E-state index in [1.165, 1.54) is 0 Å². The molecule has 0 saturated carbocycles. The molecule has 1 aliphatic rings. The molecule has 0 aromatic carbocycles. The van der Waals surface area contributed by atoms with Crippen LogP contribution in [0.25, 0.3) is 0 Å². The normalized spacial score (nSPS) is 23.8. The van der Waals surface area contributed by atoms with Crippen LogP contribution in [0.2, 0.25) is 0 Å². The van der Waals surface area contributed by atoms with Crippen LogP contribution in [0, 0.1) is 5.92 Å². The van der Waals surface area contributed by atoms with E-state index in [0.717, 1.165) is 19.6 Å². The fourth-order valence-corrected chi connectivity index (χ4v) is 1.42. The van der Waals surface area contributed by atoms with Gasteiger partial charge in [0, 0.05) is 25.7 Å². The van der Waals surface area contributed by atoms with Gasteiger partial charge in [-0.3, -0.25) is 0 Å². The van der Waals surface area contributed by atoms with Gasteiger partial charge in [0.25, 0.3) is 0 Å². The topological polar surface area (TPSA) is 27.7 Å². The molecule has 3 nitrogen and oxygen atoms in total. The van der Waals surface area contributed by atoms with Crippen LogP contribution >= 0.6 is 0 Å². The van der Waals surface area contributed by atoms with Crippen LogP contribution in [0.15, 0.2) is 0 Å². The number of rotatable bonds is 5. The molecule has 1 rings (SSSR count). The number of ether oxygens (including phenoxy) is 3. The second-order valence-electron chi connectivity index (χ2n) is 2.90. The molecule has 3 heteroatoms. The first-order valence-electron chi connectivity index (χ1n) is 4.69. The second kappa shape index (κ2) is 5.51. The van der Waals surface area contributed by atoms with Crippen molar-refractivity contribution in [3.05, 3.63) is 0 Å². The lowest BCUT2D eigenvalue weighted by Crippen LogP contribution is -2.27. The molecule has 1 unspecified atom stereocenters. The maximum Gasteiger partial charge on any atom is 0.162 e. The zero-order chi connectivity index (χ0) is 8.81. The van der Waals surface area contributed by atoms with Crippen molar-refractivity contribution in [2.75, 3.05) is 26.4 Å². The summed E-state index contributed by atoms with van der Waals surface area (Å²) in [5, 5.41) is 0. The standard InChI is InChI=1S/C9H18O3/c1-3-11-9(12-4-2)8-5-6-10-7-8/h8-9H,3-7H2,1-2H3. The smallest absolute Gasteiger partial charge is 0.162 e. The van der Waals surface area contributed by atoms with Crippen molar-refractivity contribution in [2.45, 2.75) is 26.6 Å². The SMILES string of the molecule is CCOC(OCC)C1CCOC1. The maximum absolute atomic E-state index is 5.46. The lowest BCUT2D eigenvalue weighted by atomic mass is 10.1. The van der Waals surface area contributed by atoms with E-state index in [-0.39, 0.29) is 6.29 Å². The molecule has 1 saturated heterocycles. The van der Waals surface area contributed by atoms with Crippen molar-refractivity contribution in [2.24, 2.45) is 5.92 Å². The van der Waals surface area contributed by atoms with Gasteiger partial charge in [0.1, 0.15) is 0 Å². The van der Waals surface area contributed by atoms with Gasteiger partial charge in [0.2, 0.25) is 0 Å². The Kier molecular flexibility index (Phi) is 4.58. The predicted molar refractivity (Wildman–Crippen MR) is 46.0 cm³/mol. The lowest BCUT2D eigenvalue weighted by molar-refractivity contribution is -0.166. The first-order chi connectivity index (χ1) is 5.88. The highest BCUT2D eigenvalue weighted by atomic mass is 16.7. The van der Waals surface area contributed by atoms with Crippen LogP contribution in [0.3, 0.4) is 0 Å². The van der Waals surface area contributed by atoms with Gasteiger partial charge in [-0.2, -0.15) is 0 Å². The third-order valence-corrected chi connectivity index (χ3v) is 2.01. The summed E-state index contributed by atoms with van der Waals surface area (Å²) in [5.41, 5.74) is 0. The van der Waals surface area contributed by atoms with Crippen LogP contribution in [-0.4, -0.2) is 32.7 Å². The molecule has 0 spiro atoms. The minimum atomic E-state index is -0.0532. The van der Waals surface area contributed by atoms with Gasteiger partial charge in [0.05, 0.1) is 6.61 Å². The Bertz CT molecular complexity index is 104. The van der Waals surface area contributed by atoms with Crippen molar-refractivity contribution >= 4 is 0 Å². The van der Waals surface area contributed by atoms with Gasteiger partial charge in [-0.25, -0.2) is 0 Å². The molecule has 0 N–H and O–H groups in total. The summed E-state index contributed by atoms with van der Waals surface area (Å²) < 4.78 is 16.2. The highest BCUT2D eigenvalue weighted by Crippen LogP contribution is 2.19. The van der Waals surface area contributed by atoms with Crippen molar-refractivity contribution in [3.63, 3.8) is 0 Å². The fraction of sp³-hybridized carbons (Fsp3) is 1.00. The summed E-state index contributed by atoms with van der Waals surface area (Å²) in [5.74, 6) is 0.435. The highest BCUT2D eigenvalue weighted by Gasteiger charge is 2.26. The maximum atomic E-state index is 5.46. The Morgan fingerprint density at radius 3 is 2.42 bits per heavy atom. The van der Waals surface area contributed by atoms with E-state index in [2.05, 4.69) is 0 Å². The zero-order valence-corrected chi connectivity index (χ0v) is 7.91. The molecule has 1 aliphatic heterocycles. The third-order valence-electron chi connectivity index (χ3n) is 2.01. The molecule has 0 amide bonds. The van der Waals surface area contributed by atoms with E-state index < -0.39 is 0 Å². The highest BCUT2D eigenvalue weighted by molar-refractivity contribution is 4.67. The minimum absolute atomic E-state index is 0.0532. The molecule has 0 aromatic heterocycles. The molecule has 1 atom stereocenters. The molecule has 0 bridgehead atoms. The Balaban J connectivity index is 2.29. The van der Waals surface area contributed by atoms with Gasteiger partial charge in [-0.05, 0) is 20.3 Å². The molecular formula is C9H18O3. The third kappa shape index (κ3) is 2.73. The van der Waals surface area contributed by atoms with E-state index in [9.17, 15) is 0 Å². The van der Waals surface area contributed by atoms with E-state index in [4.69, 9.17) is 14.2 Å². The molecule has 1 heterocycles. The van der Waals surface area contributed by atoms with Gasteiger partial charge >= 0.3 is 0 Å². The molecule has 1 fully saturated rings. The average Bonchev–Trinajstić information content (AvgIpc) is 2.56. The van der Waals surface area contributed by atoms with E-state index in [0.29, 0.717) is 19.1 Å². The van der Waals surface area contributed by atoms with Crippen LogP contribution in [0.4, 0.5) is 0 Å². The Morgan fingerprint density at radius 1 is 1.33 bits per heavy atom. The van der Waals surface area contributed by atoms with Crippen LogP contribution < -0.4 is 0 Å². The van der Waals surface area contributed by atoms with Gasteiger partial charge < -0.3 is 14.2 Å². The Hall–Kier alpha value is -0.120.